The average molecular weight is 618 g/mol. The molecule has 0 aliphatic carbocycles. The number of anilines is 1. The molecule has 2 amide bonds. The standard InChI is InChI=1S/C34H36ClN3O4S/c1-24-14-18-30(19-15-24)43(41,42)38(29-17-16-25(2)26(3)20-29)23-33(39)37(22-28-12-8-9-13-31(28)35)32(34(40)36-4)21-27-10-6-5-7-11-27/h5-20,32H,21-23H2,1-4H3,(H,36,40)/t32-/m1/s1. The maximum absolute atomic E-state index is 14.4. The first kappa shape index (κ1) is 31.8. The second-order valence-corrected chi connectivity index (χ2v) is 12.8. The highest BCUT2D eigenvalue weighted by Gasteiger charge is 2.34. The molecular formula is C34H36ClN3O4S. The SMILES string of the molecule is CNC(=O)[C@@H](Cc1ccccc1)N(Cc1ccccc1Cl)C(=O)CN(c1ccc(C)c(C)c1)S(=O)(=O)c1ccc(C)cc1. The van der Waals surface area contributed by atoms with Gasteiger partial charge in [0.2, 0.25) is 11.8 Å². The minimum atomic E-state index is -4.16. The first-order valence-corrected chi connectivity index (χ1v) is 15.8. The van der Waals surface area contributed by atoms with Crippen LogP contribution >= 0.6 is 11.6 Å². The van der Waals surface area contributed by atoms with E-state index in [1.54, 1.807) is 48.5 Å². The number of aryl methyl sites for hydroxylation is 3. The summed E-state index contributed by atoms with van der Waals surface area (Å²) in [5.41, 5.74) is 4.63. The number of carbonyl (C=O) groups is 2. The van der Waals surface area contributed by atoms with Gasteiger partial charge in [-0.1, -0.05) is 83.9 Å². The normalized spacial score (nSPS) is 11.9. The number of benzene rings is 4. The molecule has 4 aromatic carbocycles. The van der Waals surface area contributed by atoms with Crippen molar-refractivity contribution in [1.82, 2.24) is 10.2 Å². The van der Waals surface area contributed by atoms with Crippen LogP contribution in [-0.4, -0.2) is 44.8 Å². The van der Waals surface area contributed by atoms with Gasteiger partial charge in [-0.05, 0) is 73.4 Å². The minimum Gasteiger partial charge on any atom is -0.357 e. The van der Waals surface area contributed by atoms with Crippen molar-refractivity contribution in [1.29, 1.82) is 0 Å². The predicted octanol–water partition coefficient (Wildman–Crippen LogP) is 5.85. The largest absolute Gasteiger partial charge is 0.357 e. The maximum atomic E-state index is 14.4. The first-order valence-electron chi connectivity index (χ1n) is 14.0. The average Bonchev–Trinajstić information content (AvgIpc) is 3.00. The Kier molecular flexibility index (Phi) is 10.3. The van der Waals surface area contributed by atoms with Gasteiger partial charge in [0.05, 0.1) is 10.6 Å². The maximum Gasteiger partial charge on any atom is 0.264 e. The van der Waals surface area contributed by atoms with Gasteiger partial charge in [0, 0.05) is 25.0 Å². The molecular weight excluding hydrogens is 582 g/mol. The molecule has 4 rings (SSSR count). The number of rotatable bonds is 11. The Labute approximate surface area is 259 Å². The molecule has 224 valence electrons. The van der Waals surface area contributed by atoms with Crippen LogP contribution in [0.15, 0.2) is 102 Å². The highest BCUT2D eigenvalue weighted by Crippen LogP contribution is 2.28. The smallest absolute Gasteiger partial charge is 0.264 e. The molecule has 0 spiro atoms. The number of likely N-dealkylation sites (N-methyl/N-ethyl adjacent to an activating group) is 1. The summed E-state index contributed by atoms with van der Waals surface area (Å²) in [7, 11) is -2.65. The molecule has 1 N–H and O–H groups in total. The zero-order valence-corrected chi connectivity index (χ0v) is 26.3. The molecule has 4 aromatic rings. The molecule has 1 atom stereocenters. The predicted molar refractivity (Wildman–Crippen MR) is 172 cm³/mol. The quantitative estimate of drug-likeness (QED) is 0.229. The van der Waals surface area contributed by atoms with Crippen molar-refractivity contribution in [2.24, 2.45) is 0 Å². The third-order valence-corrected chi connectivity index (χ3v) is 9.64. The van der Waals surface area contributed by atoms with Crippen LogP contribution < -0.4 is 9.62 Å². The summed E-state index contributed by atoms with van der Waals surface area (Å²) in [6.45, 7) is 5.19. The van der Waals surface area contributed by atoms with E-state index < -0.39 is 28.5 Å². The van der Waals surface area contributed by atoms with E-state index in [1.807, 2.05) is 57.2 Å². The summed E-state index contributed by atoms with van der Waals surface area (Å²) in [4.78, 5) is 29.2. The molecule has 0 saturated heterocycles. The van der Waals surface area contributed by atoms with Crippen LogP contribution in [0, 0.1) is 20.8 Å². The van der Waals surface area contributed by atoms with E-state index >= 15 is 0 Å². The Hall–Kier alpha value is -4.14. The molecule has 0 heterocycles. The van der Waals surface area contributed by atoms with E-state index in [4.69, 9.17) is 11.6 Å². The molecule has 0 aromatic heterocycles. The summed E-state index contributed by atoms with van der Waals surface area (Å²) in [5.74, 6) is -0.915. The third kappa shape index (κ3) is 7.63. The minimum absolute atomic E-state index is 0.00870. The summed E-state index contributed by atoms with van der Waals surface area (Å²) in [6.07, 6.45) is 0.227. The van der Waals surface area contributed by atoms with Crippen LogP contribution in [0.5, 0.6) is 0 Å². The van der Waals surface area contributed by atoms with Gasteiger partial charge >= 0.3 is 0 Å². The van der Waals surface area contributed by atoms with E-state index in [1.165, 1.54) is 24.1 Å². The number of hydrogen-bond donors (Lipinski definition) is 1. The van der Waals surface area contributed by atoms with Crippen LogP contribution in [0.1, 0.15) is 27.8 Å². The van der Waals surface area contributed by atoms with Crippen molar-refractivity contribution in [3.05, 3.63) is 130 Å². The molecule has 0 radical (unpaired) electrons. The summed E-state index contributed by atoms with van der Waals surface area (Å²) in [5, 5.41) is 3.12. The van der Waals surface area contributed by atoms with Gasteiger partial charge in [0.25, 0.3) is 10.0 Å². The third-order valence-electron chi connectivity index (χ3n) is 7.48. The Bertz CT molecular complexity index is 1690. The summed E-state index contributed by atoms with van der Waals surface area (Å²) >= 11 is 6.51. The van der Waals surface area contributed by atoms with Gasteiger partial charge in [-0.3, -0.25) is 13.9 Å². The fourth-order valence-electron chi connectivity index (χ4n) is 4.78. The van der Waals surface area contributed by atoms with Crippen LogP contribution in [0.3, 0.4) is 0 Å². The van der Waals surface area contributed by atoms with Crippen molar-refractivity contribution < 1.29 is 18.0 Å². The zero-order valence-electron chi connectivity index (χ0n) is 24.7. The molecule has 0 aliphatic heterocycles. The molecule has 0 bridgehead atoms. The molecule has 0 aliphatic rings. The molecule has 0 unspecified atom stereocenters. The molecule has 9 heteroatoms. The Morgan fingerprint density at radius 3 is 2.12 bits per heavy atom. The van der Waals surface area contributed by atoms with Gasteiger partial charge in [-0.25, -0.2) is 8.42 Å². The lowest BCUT2D eigenvalue weighted by Gasteiger charge is -2.34. The highest BCUT2D eigenvalue weighted by atomic mass is 35.5. The number of hydrogen-bond acceptors (Lipinski definition) is 4. The molecule has 0 fully saturated rings. The first-order chi connectivity index (χ1) is 20.5. The highest BCUT2D eigenvalue weighted by molar-refractivity contribution is 7.92. The van der Waals surface area contributed by atoms with Crippen LogP contribution in [0.25, 0.3) is 0 Å². The number of nitrogens with one attached hydrogen (secondary N) is 1. The second kappa shape index (κ2) is 13.9. The van der Waals surface area contributed by atoms with Crippen LogP contribution in [0.2, 0.25) is 5.02 Å². The molecule has 0 saturated carbocycles. The number of carbonyl (C=O) groups excluding carboxylic acids is 2. The second-order valence-electron chi connectivity index (χ2n) is 10.5. The van der Waals surface area contributed by atoms with Crippen molar-refractivity contribution >= 4 is 39.1 Å². The lowest BCUT2D eigenvalue weighted by molar-refractivity contribution is -0.139. The number of sulfonamides is 1. The van der Waals surface area contributed by atoms with Gasteiger partial charge in [-0.2, -0.15) is 0 Å². The van der Waals surface area contributed by atoms with E-state index in [0.29, 0.717) is 16.3 Å². The fraction of sp³-hybridized carbons (Fsp3) is 0.235. The molecule has 7 nitrogen and oxygen atoms in total. The van der Waals surface area contributed by atoms with E-state index in [2.05, 4.69) is 5.32 Å². The van der Waals surface area contributed by atoms with Crippen LogP contribution in [0.4, 0.5) is 5.69 Å². The van der Waals surface area contributed by atoms with E-state index in [9.17, 15) is 18.0 Å². The Morgan fingerprint density at radius 2 is 1.49 bits per heavy atom. The van der Waals surface area contributed by atoms with Gasteiger partial charge in [-0.15, -0.1) is 0 Å². The van der Waals surface area contributed by atoms with Gasteiger partial charge < -0.3 is 10.2 Å². The van der Waals surface area contributed by atoms with Gasteiger partial charge in [0.15, 0.2) is 0 Å². The topological polar surface area (TPSA) is 86.8 Å². The van der Waals surface area contributed by atoms with Crippen molar-refractivity contribution in [2.75, 3.05) is 17.9 Å². The zero-order chi connectivity index (χ0) is 31.1. The lowest BCUT2D eigenvalue weighted by Crippen LogP contribution is -2.53. The van der Waals surface area contributed by atoms with Crippen LogP contribution in [-0.2, 0) is 32.6 Å². The van der Waals surface area contributed by atoms with Crippen molar-refractivity contribution in [2.45, 2.75) is 44.7 Å². The van der Waals surface area contributed by atoms with Crippen molar-refractivity contribution in [3.63, 3.8) is 0 Å². The Balaban J connectivity index is 1.81. The molecule has 43 heavy (non-hydrogen) atoms. The Morgan fingerprint density at radius 1 is 0.837 bits per heavy atom. The van der Waals surface area contributed by atoms with Crippen molar-refractivity contribution in [3.8, 4) is 0 Å². The number of halogens is 1. The summed E-state index contributed by atoms with van der Waals surface area (Å²) < 4.78 is 29.4. The van der Waals surface area contributed by atoms with Gasteiger partial charge in [0.1, 0.15) is 12.6 Å². The van der Waals surface area contributed by atoms with E-state index in [0.717, 1.165) is 26.6 Å². The number of nitrogens with zero attached hydrogens (tertiary/aromatic N) is 2. The number of amides is 2. The summed E-state index contributed by atoms with van der Waals surface area (Å²) in [6, 6.07) is 27.3. The fourth-order valence-corrected chi connectivity index (χ4v) is 6.38. The lowest BCUT2D eigenvalue weighted by atomic mass is 10.0. The monoisotopic (exact) mass is 617 g/mol. The van der Waals surface area contributed by atoms with E-state index in [-0.39, 0.29) is 23.8 Å².